The zero-order valence-electron chi connectivity index (χ0n) is 12.7. The van der Waals surface area contributed by atoms with Crippen molar-refractivity contribution in [3.05, 3.63) is 51.2 Å². The first-order valence-electron chi connectivity index (χ1n) is 7.23. The number of ketones is 1. The number of amides is 1. The summed E-state index contributed by atoms with van der Waals surface area (Å²) in [5.74, 6) is -2.84. The predicted octanol–water partition coefficient (Wildman–Crippen LogP) is 4.28. The minimum absolute atomic E-state index is 0.0588. The maximum absolute atomic E-state index is 13.9. The van der Waals surface area contributed by atoms with Crippen LogP contribution in [-0.2, 0) is 4.79 Å². The van der Waals surface area contributed by atoms with Crippen LogP contribution in [0.25, 0.3) is 0 Å². The van der Waals surface area contributed by atoms with Crippen LogP contribution in [0.15, 0.2) is 23.6 Å². The van der Waals surface area contributed by atoms with Crippen molar-refractivity contribution >= 4 is 28.7 Å². The summed E-state index contributed by atoms with van der Waals surface area (Å²) >= 11 is 1.59. The molecule has 1 fully saturated rings. The molecule has 1 aromatic carbocycles. The van der Waals surface area contributed by atoms with Crippen LogP contribution in [0.4, 0.5) is 14.5 Å². The average molecular weight is 335 g/mol. The first kappa shape index (κ1) is 15.8. The van der Waals surface area contributed by atoms with Crippen LogP contribution >= 0.6 is 11.3 Å². The van der Waals surface area contributed by atoms with Crippen LogP contribution in [0.3, 0.4) is 0 Å². The van der Waals surface area contributed by atoms with Gasteiger partial charge in [-0.1, -0.05) is 0 Å². The lowest BCUT2D eigenvalue weighted by Crippen LogP contribution is -2.17. The summed E-state index contributed by atoms with van der Waals surface area (Å²) in [6, 6.07) is 3.87. The summed E-state index contributed by atoms with van der Waals surface area (Å²) in [7, 11) is 0. The van der Waals surface area contributed by atoms with Crippen molar-refractivity contribution in [3.63, 3.8) is 0 Å². The average Bonchev–Trinajstić information content (AvgIpc) is 3.17. The standard InChI is InChI=1S/C17H15F2NO2S/c1-8-3-4-23-16(8)11-7-12(11)17(22)20-15-13(18)5-10(9(2)21)6-14(15)19/h3-6,11-12H,7H2,1-2H3,(H,20,22)/t11-,12+/m1/s1. The molecule has 23 heavy (non-hydrogen) atoms. The second kappa shape index (κ2) is 5.85. The lowest BCUT2D eigenvalue weighted by molar-refractivity contribution is -0.117. The van der Waals surface area contributed by atoms with Gasteiger partial charge in [-0.3, -0.25) is 9.59 Å². The quantitative estimate of drug-likeness (QED) is 0.848. The highest BCUT2D eigenvalue weighted by Crippen LogP contribution is 2.50. The molecule has 1 aliphatic carbocycles. The van der Waals surface area contributed by atoms with Crippen molar-refractivity contribution in [2.45, 2.75) is 26.2 Å². The Bertz CT molecular complexity index is 777. The van der Waals surface area contributed by atoms with E-state index in [9.17, 15) is 18.4 Å². The van der Waals surface area contributed by atoms with Crippen molar-refractivity contribution in [2.75, 3.05) is 5.32 Å². The van der Waals surface area contributed by atoms with Gasteiger partial charge in [0, 0.05) is 22.3 Å². The van der Waals surface area contributed by atoms with Gasteiger partial charge in [0.15, 0.2) is 5.78 Å². The van der Waals surface area contributed by atoms with Crippen molar-refractivity contribution in [2.24, 2.45) is 5.92 Å². The van der Waals surface area contributed by atoms with E-state index < -0.39 is 29.0 Å². The van der Waals surface area contributed by atoms with Gasteiger partial charge < -0.3 is 5.32 Å². The Morgan fingerprint density at radius 1 is 1.26 bits per heavy atom. The predicted molar refractivity (Wildman–Crippen MR) is 84.9 cm³/mol. The van der Waals surface area contributed by atoms with Crippen LogP contribution in [0.1, 0.15) is 40.1 Å². The Morgan fingerprint density at radius 2 is 1.91 bits per heavy atom. The van der Waals surface area contributed by atoms with E-state index in [1.54, 1.807) is 11.3 Å². The van der Waals surface area contributed by atoms with E-state index in [0.717, 1.165) is 22.6 Å². The van der Waals surface area contributed by atoms with Crippen LogP contribution in [-0.4, -0.2) is 11.7 Å². The SMILES string of the molecule is CC(=O)c1cc(F)c(NC(=O)[C@H]2C[C@H]2c2sccc2C)c(F)c1. The highest BCUT2D eigenvalue weighted by Gasteiger charge is 2.45. The largest absolute Gasteiger partial charge is 0.321 e. The molecule has 120 valence electrons. The first-order valence-corrected chi connectivity index (χ1v) is 8.11. The number of thiophene rings is 1. The number of carbonyl (C=O) groups is 2. The Hall–Kier alpha value is -2.08. The summed E-state index contributed by atoms with van der Waals surface area (Å²) in [5.41, 5.74) is 0.587. The summed E-state index contributed by atoms with van der Waals surface area (Å²) < 4.78 is 27.9. The van der Waals surface area contributed by atoms with E-state index in [0.29, 0.717) is 6.42 Å². The molecule has 1 amide bonds. The molecule has 1 saturated carbocycles. The number of halogens is 2. The molecular formula is C17H15F2NO2S. The zero-order valence-corrected chi connectivity index (χ0v) is 13.5. The molecule has 3 nitrogen and oxygen atoms in total. The van der Waals surface area contributed by atoms with Gasteiger partial charge >= 0.3 is 0 Å². The molecule has 1 aromatic heterocycles. The third-order valence-corrected chi connectivity index (χ3v) is 5.21. The smallest absolute Gasteiger partial charge is 0.228 e. The van der Waals surface area contributed by atoms with Gasteiger partial charge in [0.1, 0.15) is 17.3 Å². The molecule has 0 aliphatic heterocycles. The number of carbonyl (C=O) groups excluding carboxylic acids is 2. The molecule has 1 N–H and O–H groups in total. The molecule has 0 bridgehead atoms. The maximum atomic E-state index is 13.9. The number of nitrogens with one attached hydrogen (secondary N) is 1. The second-order valence-corrected chi connectivity index (χ2v) is 6.72. The van der Waals surface area contributed by atoms with Crippen molar-refractivity contribution in [1.82, 2.24) is 0 Å². The minimum atomic E-state index is -0.937. The Balaban J connectivity index is 1.75. The number of benzene rings is 1. The molecule has 0 spiro atoms. The van der Waals surface area contributed by atoms with Crippen molar-refractivity contribution < 1.29 is 18.4 Å². The fourth-order valence-corrected chi connectivity index (χ4v) is 3.76. The van der Waals surface area contributed by atoms with Crippen LogP contribution < -0.4 is 5.32 Å². The molecular weight excluding hydrogens is 320 g/mol. The Morgan fingerprint density at radius 3 is 2.43 bits per heavy atom. The van der Waals surface area contributed by atoms with Crippen LogP contribution in [0, 0.1) is 24.5 Å². The number of rotatable bonds is 4. The topological polar surface area (TPSA) is 46.2 Å². The molecule has 2 atom stereocenters. The molecule has 1 aliphatic rings. The van der Waals surface area contributed by atoms with E-state index in [2.05, 4.69) is 5.32 Å². The lowest BCUT2D eigenvalue weighted by atomic mass is 10.1. The highest BCUT2D eigenvalue weighted by atomic mass is 32.1. The normalized spacial score (nSPS) is 19.5. The van der Waals surface area contributed by atoms with Gasteiger partial charge in [0.25, 0.3) is 0 Å². The van der Waals surface area contributed by atoms with Crippen molar-refractivity contribution in [3.8, 4) is 0 Å². The fourth-order valence-electron chi connectivity index (χ4n) is 2.65. The van der Waals surface area contributed by atoms with Crippen LogP contribution in [0.2, 0.25) is 0 Å². The molecule has 6 heteroatoms. The number of hydrogen-bond acceptors (Lipinski definition) is 3. The highest BCUT2D eigenvalue weighted by molar-refractivity contribution is 7.10. The Kier molecular flexibility index (Phi) is 4.02. The van der Waals surface area contributed by atoms with Gasteiger partial charge in [-0.25, -0.2) is 8.78 Å². The van der Waals surface area contributed by atoms with Gasteiger partial charge in [-0.2, -0.15) is 0 Å². The second-order valence-electron chi connectivity index (χ2n) is 5.78. The summed E-state index contributed by atoms with van der Waals surface area (Å²) in [4.78, 5) is 24.5. The summed E-state index contributed by atoms with van der Waals surface area (Å²) in [5, 5.41) is 4.29. The number of aryl methyl sites for hydroxylation is 1. The van der Waals surface area contributed by atoms with Gasteiger partial charge in [0.2, 0.25) is 5.91 Å². The maximum Gasteiger partial charge on any atom is 0.228 e. The minimum Gasteiger partial charge on any atom is -0.321 e. The molecule has 0 saturated heterocycles. The van der Waals surface area contributed by atoms with E-state index >= 15 is 0 Å². The number of Topliss-reactive ketones (excluding diaryl/α,β-unsaturated/α-hetero) is 1. The fraction of sp³-hybridized carbons (Fsp3) is 0.294. The summed E-state index contributed by atoms with van der Waals surface area (Å²) in [6.07, 6.45) is 0.682. The molecule has 0 unspecified atom stereocenters. The van der Waals surface area contributed by atoms with Crippen molar-refractivity contribution in [1.29, 1.82) is 0 Å². The van der Waals surface area contributed by atoms with Gasteiger partial charge in [-0.15, -0.1) is 11.3 Å². The third-order valence-electron chi connectivity index (χ3n) is 4.06. The molecule has 2 aromatic rings. The summed E-state index contributed by atoms with van der Waals surface area (Å²) in [6.45, 7) is 3.21. The zero-order chi connectivity index (χ0) is 16.7. The third kappa shape index (κ3) is 3.03. The monoisotopic (exact) mass is 335 g/mol. The van der Waals surface area contributed by atoms with Crippen LogP contribution in [0.5, 0.6) is 0 Å². The molecule has 0 radical (unpaired) electrons. The van der Waals surface area contributed by atoms with E-state index in [4.69, 9.17) is 0 Å². The van der Waals surface area contributed by atoms with Gasteiger partial charge in [0.05, 0.1) is 0 Å². The molecule has 3 rings (SSSR count). The molecule has 1 heterocycles. The van der Waals surface area contributed by atoms with E-state index in [1.165, 1.54) is 6.92 Å². The first-order chi connectivity index (χ1) is 10.9. The van der Waals surface area contributed by atoms with Gasteiger partial charge in [-0.05, 0) is 49.4 Å². The van der Waals surface area contributed by atoms with E-state index in [-0.39, 0.29) is 17.4 Å². The Labute approximate surface area is 136 Å². The van der Waals surface area contributed by atoms with E-state index in [1.807, 2.05) is 18.4 Å². The lowest BCUT2D eigenvalue weighted by Gasteiger charge is -2.09. The number of hydrogen-bond donors (Lipinski definition) is 1. The number of anilines is 1.